The lowest BCUT2D eigenvalue weighted by Gasteiger charge is -2.17. The Kier molecular flexibility index (Phi) is 6.12. The van der Waals surface area contributed by atoms with Crippen LogP contribution in [0.4, 0.5) is 0 Å². The molecule has 11 heavy (non-hydrogen) atoms. The van der Waals surface area contributed by atoms with E-state index >= 15 is 0 Å². The molecule has 0 radical (unpaired) electrons. The Bertz CT molecular complexity index is 104. The molecular weight excluding hydrogens is 144 g/mol. The molecule has 0 fully saturated rings. The van der Waals surface area contributed by atoms with Gasteiger partial charge in [0.2, 0.25) is 0 Å². The van der Waals surface area contributed by atoms with E-state index in [-0.39, 0.29) is 19.1 Å². The van der Waals surface area contributed by atoms with Crippen LogP contribution < -0.4 is 0 Å². The minimum absolute atomic E-state index is 0.0468. The molecule has 0 aliphatic heterocycles. The van der Waals surface area contributed by atoms with Crippen LogP contribution in [0.3, 0.4) is 0 Å². The third-order valence-corrected chi connectivity index (χ3v) is 1.67. The van der Waals surface area contributed by atoms with Gasteiger partial charge < -0.3 is 15.3 Å². The summed E-state index contributed by atoms with van der Waals surface area (Å²) in [6, 6.07) is 0. The molecule has 0 unspecified atom stereocenters. The first kappa shape index (κ1) is 10.6. The van der Waals surface area contributed by atoms with Gasteiger partial charge in [0, 0.05) is 19.1 Å². The highest BCUT2D eigenvalue weighted by Gasteiger charge is 2.15. The van der Waals surface area contributed by atoms with Crippen molar-refractivity contribution in [2.75, 3.05) is 13.2 Å². The smallest absolute Gasteiger partial charge is 0.0615 e. The van der Waals surface area contributed by atoms with Crippen molar-refractivity contribution < 1.29 is 15.3 Å². The van der Waals surface area contributed by atoms with E-state index in [2.05, 4.69) is 6.58 Å². The monoisotopic (exact) mass is 160 g/mol. The molecule has 0 spiro atoms. The molecule has 3 heteroatoms. The minimum Gasteiger partial charge on any atom is -0.396 e. The van der Waals surface area contributed by atoms with Crippen LogP contribution in [-0.4, -0.2) is 34.6 Å². The van der Waals surface area contributed by atoms with Crippen LogP contribution in [0.25, 0.3) is 0 Å². The average Bonchev–Trinajstić information content (AvgIpc) is 2.00. The fourth-order valence-corrected chi connectivity index (χ4v) is 0.935. The van der Waals surface area contributed by atoms with Crippen LogP contribution in [-0.2, 0) is 0 Å². The van der Waals surface area contributed by atoms with Crippen LogP contribution in [0.1, 0.15) is 12.8 Å². The molecule has 0 saturated carbocycles. The fraction of sp³-hybridized carbons (Fsp3) is 0.750. The van der Waals surface area contributed by atoms with Crippen LogP contribution in [0, 0.1) is 5.92 Å². The quantitative estimate of drug-likeness (QED) is 0.476. The van der Waals surface area contributed by atoms with E-state index in [9.17, 15) is 5.11 Å². The molecule has 0 aromatic rings. The summed E-state index contributed by atoms with van der Waals surface area (Å²) >= 11 is 0. The van der Waals surface area contributed by atoms with Crippen molar-refractivity contribution in [2.45, 2.75) is 18.9 Å². The van der Waals surface area contributed by atoms with Gasteiger partial charge in [0.15, 0.2) is 0 Å². The van der Waals surface area contributed by atoms with E-state index in [1.54, 1.807) is 6.08 Å². The van der Waals surface area contributed by atoms with Gasteiger partial charge in [-0.1, -0.05) is 6.08 Å². The summed E-state index contributed by atoms with van der Waals surface area (Å²) in [5.41, 5.74) is 0. The second kappa shape index (κ2) is 6.34. The maximum Gasteiger partial charge on any atom is 0.0615 e. The predicted octanol–water partition coefficient (Wildman–Crippen LogP) is -0.0857. The summed E-state index contributed by atoms with van der Waals surface area (Å²) in [4.78, 5) is 0. The van der Waals surface area contributed by atoms with Gasteiger partial charge in [-0.3, -0.25) is 0 Å². The molecule has 0 amide bonds. The summed E-state index contributed by atoms with van der Waals surface area (Å²) in [5, 5.41) is 26.5. The predicted molar refractivity (Wildman–Crippen MR) is 43.1 cm³/mol. The van der Waals surface area contributed by atoms with Crippen LogP contribution >= 0.6 is 0 Å². The van der Waals surface area contributed by atoms with Crippen LogP contribution in [0.2, 0.25) is 0 Å². The number of hydrogen-bond acceptors (Lipinski definition) is 3. The number of aliphatic hydroxyl groups excluding tert-OH is 3. The van der Waals surface area contributed by atoms with Gasteiger partial charge in [-0.05, 0) is 12.8 Å². The highest BCUT2D eigenvalue weighted by molar-refractivity contribution is 4.77. The molecular formula is C8H16O3. The minimum atomic E-state index is -0.622. The molecule has 0 aromatic heterocycles. The van der Waals surface area contributed by atoms with Crippen molar-refractivity contribution in [3.63, 3.8) is 0 Å². The van der Waals surface area contributed by atoms with Crippen molar-refractivity contribution >= 4 is 0 Å². The van der Waals surface area contributed by atoms with Gasteiger partial charge in [0.1, 0.15) is 0 Å². The van der Waals surface area contributed by atoms with Crippen molar-refractivity contribution in [3.8, 4) is 0 Å². The van der Waals surface area contributed by atoms with E-state index in [1.165, 1.54) is 0 Å². The summed E-state index contributed by atoms with van der Waals surface area (Å²) in [6.07, 6.45) is 1.93. The molecule has 3 nitrogen and oxygen atoms in total. The van der Waals surface area contributed by atoms with Crippen molar-refractivity contribution in [1.82, 2.24) is 0 Å². The molecule has 0 rings (SSSR count). The standard InChI is InChI=1S/C8H16O3/c1-2-3-7(6-10)8(11)4-5-9/h2,7-11H,1,3-6H2/t7-,8+/m1/s1. The number of aliphatic hydroxyl groups is 3. The zero-order valence-corrected chi connectivity index (χ0v) is 6.61. The maximum absolute atomic E-state index is 9.27. The molecule has 0 aromatic carbocycles. The molecule has 2 atom stereocenters. The third kappa shape index (κ3) is 4.14. The SMILES string of the molecule is C=CC[C@H](CO)[C@@H](O)CCO. The summed E-state index contributed by atoms with van der Waals surface area (Å²) in [6.45, 7) is 3.40. The highest BCUT2D eigenvalue weighted by Crippen LogP contribution is 2.11. The average molecular weight is 160 g/mol. The molecule has 66 valence electrons. The van der Waals surface area contributed by atoms with Crippen molar-refractivity contribution in [2.24, 2.45) is 5.92 Å². The van der Waals surface area contributed by atoms with Crippen LogP contribution in [0.15, 0.2) is 12.7 Å². The topological polar surface area (TPSA) is 60.7 Å². The second-order valence-electron chi connectivity index (χ2n) is 2.55. The lowest BCUT2D eigenvalue weighted by molar-refractivity contribution is 0.0490. The summed E-state index contributed by atoms with van der Waals surface area (Å²) in [5.74, 6) is -0.181. The normalized spacial score (nSPS) is 15.9. The number of allylic oxidation sites excluding steroid dienone is 1. The highest BCUT2D eigenvalue weighted by atomic mass is 16.3. The molecule has 3 N–H and O–H groups in total. The van der Waals surface area contributed by atoms with E-state index in [0.29, 0.717) is 12.8 Å². The first-order valence-electron chi connectivity index (χ1n) is 3.77. The fourth-order valence-electron chi connectivity index (χ4n) is 0.935. The molecule has 0 saturated heterocycles. The largest absolute Gasteiger partial charge is 0.396 e. The van der Waals surface area contributed by atoms with Gasteiger partial charge in [0.05, 0.1) is 6.10 Å². The zero-order valence-electron chi connectivity index (χ0n) is 6.61. The van der Waals surface area contributed by atoms with E-state index in [4.69, 9.17) is 10.2 Å². The Morgan fingerprint density at radius 2 is 2.00 bits per heavy atom. The molecule has 0 aliphatic carbocycles. The van der Waals surface area contributed by atoms with E-state index < -0.39 is 6.10 Å². The third-order valence-electron chi connectivity index (χ3n) is 1.67. The number of hydrogen-bond donors (Lipinski definition) is 3. The molecule has 0 aliphatic rings. The summed E-state index contributed by atoms with van der Waals surface area (Å²) in [7, 11) is 0. The Balaban J connectivity index is 3.70. The van der Waals surface area contributed by atoms with Crippen LogP contribution in [0.5, 0.6) is 0 Å². The molecule has 0 heterocycles. The Hall–Kier alpha value is -0.380. The second-order valence-corrected chi connectivity index (χ2v) is 2.55. The first-order valence-corrected chi connectivity index (χ1v) is 3.77. The van der Waals surface area contributed by atoms with Crippen molar-refractivity contribution in [1.29, 1.82) is 0 Å². The van der Waals surface area contributed by atoms with Gasteiger partial charge in [-0.15, -0.1) is 6.58 Å². The zero-order chi connectivity index (χ0) is 8.69. The Labute approximate surface area is 67.0 Å². The van der Waals surface area contributed by atoms with E-state index in [0.717, 1.165) is 0 Å². The lowest BCUT2D eigenvalue weighted by Crippen LogP contribution is -2.24. The lowest BCUT2D eigenvalue weighted by atomic mass is 9.97. The summed E-state index contributed by atoms with van der Waals surface area (Å²) < 4.78 is 0. The maximum atomic E-state index is 9.27. The van der Waals surface area contributed by atoms with E-state index in [1.807, 2.05) is 0 Å². The van der Waals surface area contributed by atoms with Gasteiger partial charge in [-0.2, -0.15) is 0 Å². The van der Waals surface area contributed by atoms with Gasteiger partial charge in [0.25, 0.3) is 0 Å². The Morgan fingerprint density at radius 3 is 2.36 bits per heavy atom. The van der Waals surface area contributed by atoms with Gasteiger partial charge >= 0.3 is 0 Å². The molecule has 0 bridgehead atoms. The first-order chi connectivity index (χ1) is 5.26. The Morgan fingerprint density at radius 1 is 1.36 bits per heavy atom. The van der Waals surface area contributed by atoms with Crippen molar-refractivity contribution in [3.05, 3.63) is 12.7 Å². The number of rotatable bonds is 6. The van der Waals surface area contributed by atoms with Gasteiger partial charge in [-0.25, -0.2) is 0 Å².